The van der Waals surface area contributed by atoms with E-state index in [2.05, 4.69) is 43.9 Å². The Morgan fingerprint density at radius 3 is 2.83 bits per heavy atom. The Morgan fingerprint density at radius 1 is 1.33 bits per heavy atom. The van der Waals surface area contributed by atoms with Gasteiger partial charge in [-0.1, -0.05) is 32.9 Å². The fourth-order valence-electron chi connectivity index (χ4n) is 5.24. The molecule has 130 valence electrons. The summed E-state index contributed by atoms with van der Waals surface area (Å²) in [6, 6.07) is 6.28. The van der Waals surface area contributed by atoms with Crippen LogP contribution in [-0.2, 0) is 0 Å². The Kier molecular flexibility index (Phi) is 3.28. The van der Waals surface area contributed by atoms with E-state index >= 15 is 0 Å². The number of anilines is 1. The molecule has 1 fully saturated rings. The smallest absolute Gasteiger partial charge is 0.407 e. The maximum absolute atomic E-state index is 11.6. The van der Waals surface area contributed by atoms with E-state index < -0.39 is 6.09 Å². The zero-order valence-corrected chi connectivity index (χ0v) is 14.7. The molecular formula is C19H26N2O3. The minimum Gasteiger partial charge on any atom is -0.491 e. The van der Waals surface area contributed by atoms with Crippen LogP contribution in [-0.4, -0.2) is 47.9 Å². The summed E-state index contributed by atoms with van der Waals surface area (Å²) in [5.41, 5.74) is 2.46. The number of rotatable bonds is 0. The van der Waals surface area contributed by atoms with Crippen molar-refractivity contribution in [3.8, 4) is 5.75 Å². The van der Waals surface area contributed by atoms with Gasteiger partial charge in [-0.05, 0) is 29.9 Å². The average Bonchev–Trinajstić information content (AvgIpc) is 2.66. The number of fused-ring (bicyclic) bond motifs is 3. The SMILES string of the molecule is CC(C)(C)[C@]12CCN(C(=O)O)C[C@H]1c1cccc3c1N2CCCO3. The number of carbonyl (C=O) groups is 1. The third kappa shape index (κ3) is 1.90. The second kappa shape index (κ2) is 5.04. The number of para-hydroxylation sites is 1. The maximum Gasteiger partial charge on any atom is 0.407 e. The van der Waals surface area contributed by atoms with Gasteiger partial charge in [0, 0.05) is 25.6 Å². The second-order valence-electron chi connectivity index (χ2n) is 8.25. The van der Waals surface area contributed by atoms with E-state index in [1.807, 2.05) is 0 Å². The largest absolute Gasteiger partial charge is 0.491 e. The van der Waals surface area contributed by atoms with Crippen molar-refractivity contribution in [3.05, 3.63) is 23.8 Å². The molecule has 0 spiro atoms. The van der Waals surface area contributed by atoms with Gasteiger partial charge in [0.2, 0.25) is 0 Å². The Hall–Kier alpha value is -1.91. The Morgan fingerprint density at radius 2 is 2.12 bits per heavy atom. The molecule has 0 aromatic heterocycles. The summed E-state index contributed by atoms with van der Waals surface area (Å²) in [5.74, 6) is 1.16. The van der Waals surface area contributed by atoms with Crippen LogP contribution >= 0.6 is 0 Å². The first-order valence-electron chi connectivity index (χ1n) is 8.87. The molecule has 1 aromatic carbocycles. The molecule has 0 aliphatic carbocycles. The molecular weight excluding hydrogens is 304 g/mol. The lowest BCUT2D eigenvalue weighted by Crippen LogP contribution is -2.64. The van der Waals surface area contributed by atoms with Gasteiger partial charge in [-0.2, -0.15) is 0 Å². The maximum atomic E-state index is 11.6. The van der Waals surface area contributed by atoms with E-state index in [1.165, 1.54) is 11.3 Å². The first-order chi connectivity index (χ1) is 11.4. The van der Waals surface area contributed by atoms with Crippen molar-refractivity contribution < 1.29 is 14.6 Å². The molecule has 5 nitrogen and oxygen atoms in total. The molecule has 3 aliphatic heterocycles. The lowest BCUT2D eigenvalue weighted by Gasteiger charge is -2.56. The van der Waals surface area contributed by atoms with Crippen LogP contribution < -0.4 is 9.64 Å². The minimum atomic E-state index is -0.808. The fraction of sp³-hybridized carbons (Fsp3) is 0.632. The van der Waals surface area contributed by atoms with Crippen molar-refractivity contribution >= 4 is 11.8 Å². The van der Waals surface area contributed by atoms with Gasteiger partial charge in [0.05, 0.1) is 17.8 Å². The van der Waals surface area contributed by atoms with Crippen LogP contribution in [0.1, 0.15) is 45.1 Å². The van der Waals surface area contributed by atoms with Crippen LogP contribution in [0.5, 0.6) is 5.75 Å². The van der Waals surface area contributed by atoms with E-state index in [0.717, 1.165) is 31.7 Å². The highest BCUT2D eigenvalue weighted by Crippen LogP contribution is 2.61. The number of nitrogens with zero attached hydrogens (tertiary/aromatic N) is 2. The van der Waals surface area contributed by atoms with E-state index in [0.29, 0.717) is 13.1 Å². The van der Waals surface area contributed by atoms with Gasteiger partial charge in [-0.15, -0.1) is 0 Å². The van der Waals surface area contributed by atoms with E-state index in [4.69, 9.17) is 4.74 Å². The van der Waals surface area contributed by atoms with Crippen LogP contribution in [0, 0.1) is 5.41 Å². The van der Waals surface area contributed by atoms with Gasteiger partial charge in [-0.25, -0.2) is 4.79 Å². The van der Waals surface area contributed by atoms with Crippen LogP contribution in [0.3, 0.4) is 0 Å². The first-order valence-corrected chi connectivity index (χ1v) is 8.87. The van der Waals surface area contributed by atoms with Crippen LogP contribution in [0.15, 0.2) is 18.2 Å². The highest BCUT2D eigenvalue weighted by Gasteiger charge is 2.60. The summed E-state index contributed by atoms with van der Waals surface area (Å²) in [4.78, 5) is 15.7. The van der Waals surface area contributed by atoms with Gasteiger partial charge in [0.25, 0.3) is 0 Å². The van der Waals surface area contributed by atoms with Crippen molar-refractivity contribution in [2.45, 2.75) is 45.1 Å². The molecule has 1 amide bonds. The summed E-state index contributed by atoms with van der Waals surface area (Å²) in [6.45, 7) is 9.79. The molecule has 0 radical (unpaired) electrons. The van der Waals surface area contributed by atoms with Gasteiger partial charge < -0.3 is 19.6 Å². The zero-order valence-electron chi connectivity index (χ0n) is 14.7. The standard InChI is InChI=1S/C19H26N2O3/c1-18(2,3)19-8-10-20(17(22)23)12-14(19)13-6-4-7-15-16(13)21(19)9-5-11-24-15/h4,6-7,14H,5,8-12H2,1-3H3,(H,22,23)/t14-,19-/m0/s1. The van der Waals surface area contributed by atoms with Crippen molar-refractivity contribution in [2.75, 3.05) is 31.1 Å². The lowest BCUT2D eigenvalue weighted by atomic mass is 9.62. The van der Waals surface area contributed by atoms with Gasteiger partial charge >= 0.3 is 6.09 Å². The molecule has 3 aliphatic rings. The molecule has 1 aromatic rings. The average molecular weight is 330 g/mol. The molecule has 2 atom stereocenters. The fourth-order valence-corrected chi connectivity index (χ4v) is 5.24. The third-order valence-corrected chi connectivity index (χ3v) is 6.25. The highest BCUT2D eigenvalue weighted by atomic mass is 16.5. The van der Waals surface area contributed by atoms with Crippen molar-refractivity contribution in [3.63, 3.8) is 0 Å². The van der Waals surface area contributed by atoms with Gasteiger partial charge in [0.15, 0.2) is 0 Å². The van der Waals surface area contributed by atoms with E-state index in [9.17, 15) is 9.90 Å². The molecule has 0 unspecified atom stereocenters. The molecule has 24 heavy (non-hydrogen) atoms. The zero-order chi connectivity index (χ0) is 17.1. The third-order valence-electron chi connectivity index (χ3n) is 6.25. The topological polar surface area (TPSA) is 53.0 Å². The molecule has 4 rings (SSSR count). The number of hydrogen-bond donors (Lipinski definition) is 1. The predicted molar refractivity (Wildman–Crippen MR) is 93.0 cm³/mol. The summed E-state index contributed by atoms with van der Waals surface area (Å²) in [7, 11) is 0. The number of likely N-dealkylation sites (tertiary alicyclic amines) is 1. The van der Waals surface area contributed by atoms with E-state index in [-0.39, 0.29) is 16.9 Å². The van der Waals surface area contributed by atoms with Gasteiger partial charge in [0.1, 0.15) is 5.75 Å². The summed E-state index contributed by atoms with van der Waals surface area (Å²) >= 11 is 0. The molecule has 1 N–H and O–H groups in total. The number of amides is 1. The minimum absolute atomic E-state index is 0.0445. The normalized spacial score (nSPS) is 28.7. The summed E-state index contributed by atoms with van der Waals surface area (Å²) in [6.07, 6.45) is 1.06. The first kappa shape index (κ1) is 15.6. The second-order valence-corrected chi connectivity index (χ2v) is 8.25. The summed E-state index contributed by atoms with van der Waals surface area (Å²) < 4.78 is 6.01. The number of ether oxygens (including phenoxy) is 1. The van der Waals surface area contributed by atoms with Crippen molar-refractivity contribution in [1.82, 2.24) is 4.90 Å². The van der Waals surface area contributed by atoms with Gasteiger partial charge in [-0.3, -0.25) is 0 Å². The molecule has 3 heterocycles. The predicted octanol–water partition coefficient (Wildman–Crippen LogP) is 3.54. The van der Waals surface area contributed by atoms with Crippen molar-refractivity contribution in [1.29, 1.82) is 0 Å². The number of carboxylic acid groups (broad SMARTS) is 1. The Balaban J connectivity index is 1.91. The van der Waals surface area contributed by atoms with Crippen LogP contribution in [0.25, 0.3) is 0 Å². The molecule has 1 saturated heterocycles. The van der Waals surface area contributed by atoms with E-state index in [1.54, 1.807) is 4.90 Å². The van der Waals surface area contributed by atoms with Crippen LogP contribution in [0.2, 0.25) is 0 Å². The monoisotopic (exact) mass is 330 g/mol. The highest BCUT2D eigenvalue weighted by molar-refractivity contribution is 5.74. The lowest BCUT2D eigenvalue weighted by molar-refractivity contribution is 0.0571. The quantitative estimate of drug-likeness (QED) is 0.790. The molecule has 0 bridgehead atoms. The summed E-state index contributed by atoms with van der Waals surface area (Å²) in [5, 5.41) is 9.52. The Labute approximate surface area is 143 Å². The van der Waals surface area contributed by atoms with Crippen LogP contribution in [0.4, 0.5) is 10.5 Å². The number of benzene rings is 1. The number of piperidine rings is 1. The number of hydrogen-bond acceptors (Lipinski definition) is 3. The molecule has 0 saturated carbocycles. The van der Waals surface area contributed by atoms with Crippen molar-refractivity contribution in [2.24, 2.45) is 5.41 Å². The Bertz CT molecular complexity index is 682. The molecule has 5 heteroatoms.